The van der Waals surface area contributed by atoms with Crippen molar-refractivity contribution in [1.29, 1.82) is 2.67 Å². The molecule has 2 bridgehead atoms. The van der Waals surface area contributed by atoms with Crippen molar-refractivity contribution in [2.75, 3.05) is 0 Å². The number of rotatable bonds is 0. The van der Waals surface area contributed by atoms with Crippen LogP contribution < -0.4 is 18.9 Å². The van der Waals surface area contributed by atoms with Crippen molar-refractivity contribution in [3.63, 3.8) is 0 Å². The third-order valence-corrected chi connectivity index (χ3v) is 2.84. The van der Waals surface area contributed by atoms with E-state index in [1.165, 1.54) is 38.5 Å². The first kappa shape index (κ1) is 6.21. The van der Waals surface area contributed by atoms with Gasteiger partial charge in [0.15, 0.2) is 0 Å². The van der Waals surface area contributed by atoms with Crippen LogP contribution in [0.2, 0.25) is 11.6 Å². The van der Waals surface area contributed by atoms with Crippen LogP contribution in [0, 0.1) is 0 Å². The minimum absolute atomic E-state index is 0. The van der Waals surface area contributed by atoms with Crippen LogP contribution in [-0.4, -0.2) is 9.88 Å². The van der Waals surface area contributed by atoms with Crippen LogP contribution in [-0.2, 0) is 0 Å². The van der Waals surface area contributed by atoms with E-state index >= 15 is 0 Å². The smallest absolute Gasteiger partial charge is 0.225 e. The molecule has 52 valence electrons. The van der Waals surface area contributed by atoms with Crippen LogP contribution in [0.3, 0.4) is 0 Å². The van der Waals surface area contributed by atoms with Gasteiger partial charge in [0.05, 0.1) is 0 Å². The maximum atomic E-state index is 7.97. The van der Waals surface area contributed by atoms with Crippen molar-refractivity contribution in [3.05, 3.63) is 0 Å². The largest absolute Gasteiger partial charge is 1.00 e. The van der Waals surface area contributed by atoms with Crippen LogP contribution in [0.15, 0.2) is 0 Å². The minimum atomic E-state index is -1.45. The third kappa shape index (κ3) is 1.83. The minimum Gasteiger partial charge on any atom is -0.225 e. The molecule has 2 heteroatoms. The molecule has 0 aromatic rings. The van der Waals surface area contributed by atoms with Gasteiger partial charge >= 0.3 is 18.9 Å². The molecule has 0 amide bonds. The van der Waals surface area contributed by atoms with Gasteiger partial charge in [-0.25, -0.2) is 2.67 Å². The number of hydrogen-bond acceptors (Lipinski definition) is 0. The summed E-state index contributed by atoms with van der Waals surface area (Å²) in [6.07, 6.45) is 7.26. The summed E-state index contributed by atoms with van der Waals surface area (Å²) in [5.74, 6) is 0.921. The molecular weight excluding hydrogens is 114 g/mol. The zero-order chi connectivity index (χ0) is 7.90. The van der Waals surface area contributed by atoms with Gasteiger partial charge < -0.3 is 0 Å². The summed E-state index contributed by atoms with van der Waals surface area (Å²) in [4.78, 5) is 0. The molecule has 0 spiro atoms. The van der Waals surface area contributed by atoms with E-state index in [4.69, 9.17) is 2.67 Å². The first-order valence-electron chi connectivity index (χ1n) is 5.45. The molecular formula is C8H16BLi. The average molecular weight is 134 g/mol. The fourth-order valence-electron chi connectivity index (χ4n) is 2.34. The summed E-state index contributed by atoms with van der Waals surface area (Å²) < 4.78 is 15.9. The van der Waals surface area contributed by atoms with Crippen molar-refractivity contribution in [2.24, 2.45) is 0 Å². The predicted octanol–water partition coefficient (Wildman–Crippen LogP) is -0.896. The van der Waals surface area contributed by atoms with Crippen LogP contribution in [0.1, 0.15) is 38.5 Å². The molecule has 2 fully saturated rings. The molecule has 0 nitrogen and oxygen atoms in total. The average Bonchev–Trinajstić information content (AvgIpc) is 1.82. The van der Waals surface area contributed by atoms with Crippen molar-refractivity contribution >= 4 is 7.21 Å². The van der Waals surface area contributed by atoms with E-state index in [9.17, 15) is 0 Å². The molecule has 2 aliphatic heterocycles. The maximum Gasteiger partial charge on any atom is 1.00 e. The molecule has 2 aliphatic rings. The fourth-order valence-corrected chi connectivity index (χ4v) is 2.34. The monoisotopic (exact) mass is 134 g/mol. The number of fused-ring (bicyclic) bond motifs is 2. The Morgan fingerprint density at radius 1 is 1.00 bits per heavy atom. The summed E-state index contributed by atoms with van der Waals surface area (Å²) in [6.45, 7) is 0. The molecule has 0 N–H and O–H groups in total. The molecule has 0 unspecified atom stereocenters. The van der Waals surface area contributed by atoms with E-state index in [1.54, 1.807) is 0 Å². The molecule has 2 saturated heterocycles. The Bertz CT molecular complexity index is 139. The second kappa shape index (κ2) is 3.88. The molecule has 10 heavy (non-hydrogen) atoms. The second-order valence-electron chi connectivity index (χ2n) is 3.57. The Hall–Kier alpha value is 0.662. The van der Waals surface area contributed by atoms with Gasteiger partial charge in [-0.05, 0) is 7.21 Å². The van der Waals surface area contributed by atoms with Gasteiger partial charge in [0.25, 0.3) is 0 Å². The Morgan fingerprint density at radius 2 is 1.40 bits per heavy atom. The van der Waals surface area contributed by atoms with Gasteiger partial charge in [0, 0.05) is 0 Å². The second-order valence-corrected chi connectivity index (χ2v) is 3.57. The molecule has 0 aromatic heterocycles. The van der Waals surface area contributed by atoms with E-state index in [1.807, 2.05) is 0 Å². The Balaban J connectivity index is 0.000000720. The van der Waals surface area contributed by atoms with Crippen LogP contribution in [0.5, 0.6) is 0 Å². The van der Waals surface area contributed by atoms with E-state index in [2.05, 4.69) is 0 Å². The predicted molar refractivity (Wildman–Crippen MR) is 43.7 cm³/mol. The maximum absolute atomic E-state index is 7.97. The SMILES string of the molecule is [3H][B-]1([3H])C2CCCC1CCC2.[Li+]. The van der Waals surface area contributed by atoms with Crippen LogP contribution in [0.4, 0.5) is 0 Å². The molecule has 0 saturated carbocycles. The molecule has 0 aliphatic carbocycles. The van der Waals surface area contributed by atoms with Gasteiger partial charge in [-0.15, -0.1) is 0 Å². The molecule has 0 atom stereocenters. The normalized spacial score (nSPS) is 46.4. The quantitative estimate of drug-likeness (QED) is 0.377. The summed E-state index contributed by atoms with van der Waals surface area (Å²) in [5, 5.41) is 0. The van der Waals surface area contributed by atoms with Crippen LogP contribution in [0.25, 0.3) is 0 Å². The van der Waals surface area contributed by atoms with Gasteiger partial charge in [-0.1, -0.05) is 38.5 Å². The summed E-state index contributed by atoms with van der Waals surface area (Å²) in [5.41, 5.74) is 0. The summed E-state index contributed by atoms with van der Waals surface area (Å²) in [7, 11) is -1.45. The van der Waals surface area contributed by atoms with Crippen molar-refractivity contribution < 1.29 is 18.9 Å². The zero-order valence-electron chi connectivity index (χ0n) is 8.97. The molecule has 0 aromatic carbocycles. The fraction of sp³-hybridized carbons (Fsp3) is 1.00. The number of hydrogen-bond donors (Lipinski definition) is 0. The van der Waals surface area contributed by atoms with E-state index in [-0.39, 0.29) is 18.9 Å². The first-order valence-corrected chi connectivity index (χ1v) is 4.30. The van der Waals surface area contributed by atoms with Gasteiger partial charge in [-0.3, -0.25) is 0 Å². The zero-order valence-corrected chi connectivity index (χ0v) is 6.97. The van der Waals surface area contributed by atoms with Gasteiger partial charge in [-0.2, -0.15) is 11.6 Å². The van der Waals surface area contributed by atoms with E-state index in [0.717, 1.165) is 0 Å². The van der Waals surface area contributed by atoms with Gasteiger partial charge in [0.1, 0.15) is 0 Å². The van der Waals surface area contributed by atoms with Gasteiger partial charge in [0.2, 0.25) is 0 Å². The topological polar surface area (TPSA) is 0 Å². The third-order valence-electron chi connectivity index (χ3n) is 2.84. The Labute approximate surface area is 79.3 Å². The first-order chi connectivity index (χ1) is 5.21. The molecule has 2 rings (SSSR count). The van der Waals surface area contributed by atoms with E-state index < -0.39 is 7.21 Å². The van der Waals surface area contributed by atoms with Crippen LogP contribution >= 0.6 is 0 Å². The molecule has 2 heterocycles. The molecule has 0 radical (unpaired) electrons. The Kier molecular flexibility index (Phi) is 2.41. The van der Waals surface area contributed by atoms with Crippen molar-refractivity contribution in [1.82, 2.24) is 0 Å². The standard InChI is InChI=1S/C8H16B.Li/c1-3-7-5-2-6-8(4-1)9-7;/h7-8H,1-6,9H2;/q-1;+1/i9T2;. The summed E-state index contributed by atoms with van der Waals surface area (Å²) in [6, 6.07) is 0. The van der Waals surface area contributed by atoms with E-state index in [0.29, 0.717) is 11.6 Å². The summed E-state index contributed by atoms with van der Waals surface area (Å²) >= 11 is 0. The Morgan fingerprint density at radius 3 is 1.70 bits per heavy atom. The van der Waals surface area contributed by atoms with Crippen molar-refractivity contribution in [2.45, 2.75) is 50.2 Å². The van der Waals surface area contributed by atoms with Crippen molar-refractivity contribution in [3.8, 4) is 0 Å².